The van der Waals surface area contributed by atoms with Crippen molar-refractivity contribution in [2.45, 2.75) is 38.7 Å². The zero-order valence-corrected chi connectivity index (χ0v) is 10.8. The summed E-state index contributed by atoms with van der Waals surface area (Å²) in [6, 6.07) is 4.08. The predicted octanol–water partition coefficient (Wildman–Crippen LogP) is 3.24. The molecule has 1 atom stereocenters. The van der Waals surface area contributed by atoms with Gasteiger partial charge in [0.1, 0.15) is 11.4 Å². The van der Waals surface area contributed by atoms with Crippen LogP contribution in [0.15, 0.2) is 24.3 Å². The Hall–Kier alpha value is -1.28. The molecule has 0 aliphatic heterocycles. The van der Waals surface area contributed by atoms with Gasteiger partial charge in [-0.2, -0.15) is 0 Å². The molecule has 1 N–H and O–H groups in total. The Balaban J connectivity index is 2.57. The van der Waals surface area contributed by atoms with Crippen LogP contribution >= 0.6 is 0 Å². The number of hydrogen-bond donors (Lipinski definition) is 1. The molecule has 1 aromatic rings. The second-order valence-electron chi connectivity index (χ2n) is 4.88. The minimum Gasteiger partial charge on any atom is -0.496 e. The van der Waals surface area contributed by atoms with Gasteiger partial charge < -0.3 is 9.84 Å². The molecular weight excluding hydrogens is 212 g/mol. The molecule has 0 saturated heterocycles. The van der Waals surface area contributed by atoms with E-state index in [4.69, 9.17) is 4.74 Å². The van der Waals surface area contributed by atoms with Gasteiger partial charge in [0.05, 0.1) is 7.11 Å². The Morgan fingerprint density at radius 1 is 1.29 bits per heavy atom. The lowest BCUT2D eigenvalue weighted by Gasteiger charge is -2.31. The van der Waals surface area contributed by atoms with Gasteiger partial charge in [0.15, 0.2) is 0 Å². The molecule has 2 nitrogen and oxygen atoms in total. The van der Waals surface area contributed by atoms with Crippen molar-refractivity contribution in [3.8, 4) is 5.75 Å². The number of aliphatic hydroxyl groups is 1. The molecule has 1 aliphatic rings. The summed E-state index contributed by atoms with van der Waals surface area (Å²) in [6.07, 6.45) is 6.81. The van der Waals surface area contributed by atoms with Gasteiger partial charge in [-0.05, 0) is 50.3 Å². The molecule has 0 amide bonds. The van der Waals surface area contributed by atoms with E-state index in [2.05, 4.69) is 12.1 Å². The number of benzene rings is 1. The lowest BCUT2D eigenvalue weighted by Crippen LogP contribution is -2.26. The van der Waals surface area contributed by atoms with E-state index in [9.17, 15) is 5.11 Å². The minimum atomic E-state index is -0.860. The number of ether oxygens (including phenoxy) is 1. The quantitative estimate of drug-likeness (QED) is 0.793. The van der Waals surface area contributed by atoms with Crippen molar-refractivity contribution < 1.29 is 9.84 Å². The van der Waals surface area contributed by atoms with Crippen LogP contribution in [-0.4, -0.2) is 12.2 Å². The Bertz CT molecular complexity index is 448. The fourth-order valence-electron chi connectivity index (χ4n) is 2.70. The summed E-state index contributed by atoms with van der Waals surface area (Å²) in [5.41, 5.74) is 2.31. The molecule has 1 aromatic carbocycles. The van der Waals surface area contributed by atoms with Gasteiger partial charge in [0, 0.05) is 5.56 Å². The van der Waals surface area contributed by atoms with E-state index in [1.54, 1.807) is 7.11 Å². The minimum absolute atomic E-state index is 0.768. The number of allylic oxidation sites excluding steroid dienone is 1. The molecular formula is C15H20O2. The standard InChI is InChI=1S/C15H20O2/c1-11-9-12(2)14(13(10-11)17-3)15(16)7-5-4-6-8-15/h5,7,9-10,16H,4,6,8H2,1-3H3. The fourth-order valence-corrected chi connectivity index (χ4v) is 2.70. The predicted molar refractivity (Wildman–Crippen MR) is 69.4 cm³/mol. The van der Waals surface area contributed by atoms with Crippen molar-refractivity contribution >= 4 is 0 Å². The Morgan fingerprint density at radius 2 is 2.06 bits per heavy atom. The lowest BCUT2D eigenvalue weighted by atomic mass is 9.81. The topological polar surface area (TPSA) is 29.5 Å². The maximum Gasteiger partial charge on any atom is 0.125 e. The number of rotatable bonds is 2. The van der Waals surface area contributed by atoms with E-state index in [1.165, 1.54) is 0 Å². The molecule has 0 bridgehead atoms. The van der Waals surface area contributed by atoms with E-state index in [1.807, 2.05) is 26.0 Å². The SMILES string of the molecule is COc1cc(C)cc(C)c1C1(O)C=CCCC1. The van der Waals surface area contributed by atoms with Gasteiger partial charge in [-0.1, -0.05) is 18.2 Å². The zero-order valence-electron chi connectivity index (χ0n) is 10.8. The second-order valence-corrected chi connectivity index (χ2v) is 4.88. The van der Waals surface area contributed by atoms with Crippen LogP contribution in [0.4, 0.5) is 0 Å². The van der Waals surface area contributed by atoms with Crippen molar-refractivity contribution in [3.63, 3.8) is 0 Å². The van der Waals surface area contributed by atoms with Gasteiger partial charge in [-0.15, -0.1) is 0 Å². The van der Waals surface area contributed by atoms with Crippen LogP contribution in [0.1, 0.15) is 36.0 Å². The molecule has 17 heavy (non-hydrogen) atoms. The van der Waals surface area contributed by atoms with Crippen LogP contribution in [0.5, 0.6) is 5.75 Å². The maximum absolute atomic E-state index is 10.8. The lowest BCUT2D eigenvalue weighted by molar-refractivity contribution is 0.0692. The third-order valence-corrected chi connectivity index (χ3v) is 3.42. The van der Waals surface area contributed by atoms with Crippen LogP contribution in [0.25, 0.3) is 0 Å². The molecule has 1 aliphatic carbocycles. The summed E-state index contributed by atoms with van der Waals surface area (Å²) in [6.45, 7) is 4.07. The fraction of sp³-hybridized carbons (Fsp3) is 0.467. The third kappa shape index (κ3) is 2.22. The largest absolute Gasteiger partial charge is 0.496 e. The van der Waals surface area contributed by atoms with Crippen LogP contribution < -0.4 is 4.74 Å². The van der Waals surface area contributed by atoms with Crippen molar-refractivity contribution in [3.05, 3.63) is 41.0 Å². The molecule has 0 saturated carbocycles. The van der Waals surface area contributed by atoms with Gasteiger partial charge in [-0.25, -0.2) is 0 Å². The molecule has 92 valence electrons. The zero-order chi connectivity index (χ0) is 12.5. The summed E-state index contributed by atoms with van der Waals surface area (Å²) >= 11 is 0. The molecule has 2 rings (SSSR count). The van der Waals surface area contributed by atoms with Gasteiger partial charge >= 0.3 is 0 Å². The van der Waals surface area contributed by atoms with Crippen molar-refractivity contribution in [1.29, 1.82) is 0 Å². The van der Waals surface area contributed by atoms with Crippen LogP contribution in [0, 0.1) is 13.8 Å². The highest BCUT2D eigenvalue weighted by molar-refractivity contribution is 5.48. The second kappa shape index (κ2) is 4.53. The van der Waals surface area contributed by atoms with Gasteiger partial charge in [0.2, 0.25) is 0 Å². The van der Waals surface area contributed by atoms with Crippen LogP contribution in [-0.2, 0) is 5.60 Å². The van der Waals surface area contributed by atoms with Crippen molar-refractivity contribution in [1.82, 2.24) is 0 Å². The summed E-state index contributed by atoms with van der Waals surface area (Å²) in [7, 11) is 1.66. The summed E-state index contributed by atoms with van der Waals surface area (Å²) in [5.74, 6) is 0.788. The van der Waals surface area contributed by atoms with Crippen LogP contribution in [0.3, 0.4) is 0 Å². The van der Waals surface area contributed by atoms with Crippen LogP contribution in [0.2, 0.25) is 0 Å². The van der Waals surface area contributed by atoms with E-state index >= 15 is 0 Å². The third-order valence-electron chi connectivity index (χ3n) is 3.42. The van der Waals surface area contributed by atoms with Gasteiger partial charge in [-0.3, -0.25) is 0 Å². The molecule has 0 spiro atoms. The van der Waals surface area contributed by atoms with E-state index < -0.39 is 5.60 Å². The van der Waals surface area contributed by atoms with E-state index in [0.717, 1.165) is 41.7 Å². The normalized spacial score (nSPS) is 23.8. The maximum atomic E-state index is 10.8. The first-order valence-electron chi connectivity index (χ1n) is 6.12. The molecule has 0 heterocycles. The summed E-state index contributed by atoms with van der Waals surface area (Å²) in [4.78, 5) is 0. The Labute approximate surface area is 103 Å². The first-order chi connectivity index (χ1) is 8.07. The molecule has 2 heteroatoms. The molecule has 1 unspecified atom stereocenters. The first kappa shape index (κ1) is 12.2. The highest BCUT2D eigenvalue weighted by atomic mass is 16.5. The monoisotopic (exact) mass is 232 g/mol. The average molecular weight is 232 g/mol. The Morgan fingerprint density at radius 3 is 2.65 bits per heavy atom. The number of methoxy groups -OCH3 is 1. The summed E-state index contributed by atoms with van der Waals surface area (Å²) in [5, 5.41) is 10.8. The number of aryl methyl sites for hydroxylation is 2. The summed E-state index contributed by atoms with van der Waals surface area (Å²) < 4.78 is 5.43. The van der Waals surface area contributed by atoms with Gasteiger partial charge in [0.25, 0.3) is 0 Å². The van der Waals surface area contributed by atoms with E-state index in [0.29, 0.717) is 0 Å². The smallest absolute Gasteiger partial charge is 0.125 e. The highest BCUT2D eigenvalue weighted by Gasteiger charge is 2.32. The van der Waals surface area contributed by atoms with E-state index in [-0.39, 0.29) is 0 Å². The first-order valence-corrected chi connectivity index (χ1v) is 6.12. The Kier molecular flexibility index (Phi) is 3.25. The molecule has 0 aromatic heterocycles. The molecule has 0 fully saturated rings. The average Bonchev–Trinajstić information content (AvgIpc) is 2.28. The van der Waals surface area contributed by atoms with Crippen molar-refractivity contribution in [2.24, 2.45) is 0 Å². The number of hydrogen-bond acceptors (Lipinski definition) is 2. The van der Waals surface area contributed by atoms with Crippen molar-refractivity contribution in [2.75, 3.05) is 7.11 Å². The molecule has 0 radical (unpaired) electrons. The highest BCUT2D eigenvalue weighted by Crippen LogP contribution is 2.40.